The van der Waals surface area contributed by atoms with Crippen LogP contribution in [0.5, 0.6) is 0 Å². The maximum absolute atomic E-state index is 4.36. The van der Waals surface area contributed by atoms with Gasteiger partial charge in [-0.25, -0.2) is 0 Å². The number of aliphatic imine (C=N–C) groups is 2. The van der Waals surface area contributed by atoms with Crippen LogP contribution < -0.4 is 0 Å². The summed E-state index contributed by atoms with van der Waals surface area (Å²) in [7, 11) is 0. The highest BCUT2D eigenvalue weighted by molar-refractivity contribution is 9.10. The molecule has 0 saturated carbocycles. The molecule has 2 aromatic rings. The van der Waals surface area contributed by atoms with Crippen molar-refractivity contribution in [1.29, 1.82) is 0 Å². The molecule has 0 aliphatic heterocycles. The molecular weight excluding hydrogens is 380 g/mol. The Balaban J connectivity index is 1.76. The fraction of sp³-hybridized carbons (Fsp3) is 0.125. The highest BCUT2D eigenvalue weighted by atomic mass is 79.9. The van der Waals surface area contributed by atoms with Crippen molar-refractivity contribution < 1.29 is 0 Å². The third kappa shape index (κ3) is 5.39. The van der Waals surface area contributed by atoms with Crippen LogP contribution in [0.4, 0.5) is 0 Å². The van der Waals surface area contributed by atoms with E-state index in [0.29, 0.717) is 13.1 Å². The highest BCUT2D eigenvalue weighted by Gasteiger charge is 1.89. The van der Waals surface area contributed by atoms with Crippen LogP contribution in [0.15, 0.2) is 67.5 Å². The molecule has 2 aromatic carbocycles. The Morgan fingerprint density at radius 1 is 0.650 bits per heavy atom. The lowest BCUT2D eigenvalue weighted by Gasteiger charge is -1.94. The second kappa shape index (κ2) is 8.12. The van der Waals surface area contributed by atoms with Gasteiger partial charge in [0, 0.05) is 21.4 Å². The minimum Gasteiger partial charge on any atom is -0.291 e. The summed E-state index contributed by atoms with van der Waals surface area (Å²) < 4.78 is 2.16. The van der Waals surface area contributed by atoms with Gasteiger partial charge in [0.25, 0.3) is 0 Å². The molecule has 102 valence electrons. The van der Waals surface area contributed by atoms with E-state index in [1.807, 2.05) is 61.0 Å². The van der Waals surface area contributed by atoms with E-state index in [9.17, 15) is 0 Å². The first-order valence-electron chi connectivity index (χ1n) is 6.25. The van der Waals surface area contributed by atoms with Crippen LogP contribution in [-0.4, -0.2) is 25.5 Å². The smallest absolute Gasteiger partial charge is 0.0585 e. The van der Waals surface area contributed by atoms with Gasteiger partial charge in [0.1, 0.15) is 0 Å². The van der Waals surface area contributed by atoms with Crippen LogP contribution in [0.2, 0.25) is 0 Å². The molecule has 2 rings (SSSR count). The zero-order valence-corrected chi connectivity index (χ0v) is 14.0. The number of benzene rings is 2. The van der Waals surface area contributed by atoms with Crippen molar-refractivity contribution in [1.82, 2.24) is 0 Å². The first-order chi connectivity index (χ1) is 9.74. The van der Waals surface area contributed by atoms with Gasteiger partial charge in [-0.15, -0.1) is 0 Å². The van der Waals surface area contributed by atoms with Gasteiger partial charge in [-0.05, 0) is 35.4 Å². The molecule has 2 nitrogen and oxygen atoms in total. The van der Waals surface area contributed by atoms with Gasteiger partial charge in [-0.1, -0.05) is 56.1 Å². The first kappa shape index (κ1) is 15.1. The molecule has 20 heavy (non-hydrogen) atoms. The molecule has 0 aliphatic rings. The lowest BCUT2D eigenvalue weighted by atomic mass is 10.2. The third-order valence-corrected chi connectivity index (χ3v) is 3.64. The molecule has 0 aromatic heterocycles. The summed E-state index contributed by atoms with van der Waals surface area (Å²) in [5.74, 6) is 0. The topological polar surface area (TPSA) is 24.7 Å². The van der Waals surface area contributed by atoms with Crippen LogP contribution in [0.3, 0.4) is 0 Å². The molecule has 0 spiro atoms. The highest BCUT2D eigenvalue weighted by Crippen LogP contribution is 2.09. The third-order valence-electron chi connectivity index (χ3n) is 2.58. The van der Waals surface area contributed by atoms with Crippen molar-refractivity contribution in [3.05, 3.63) is 68.6 Å². The van der Waals surface area contributed by atoms with Crippen molar-refractivity contribution in [3.63, 3.8) is 0 Å². The Morgan fingerprint density at radius 2 is 1.00 bits per heavy atom. The van der Waals surface area contributed by atoms with E-state index < -0.39 is 0 Å². The van der Waals surface area contributed by atoms with E-state index in [-0.39, 0.29) is 0 Å². The molecule has 0 unspecified atom stereocenters. The fourth-order valence-corrected chi connectivity index (χ4v) is 2.08. The Morgan fingerprint density at radius 3 is 1.35 bits per heavy atom. The summed E-state index contributed by atoms with van der Waals surface area (Å²) in [5.41, 5.74) is 2.20. The van der Waals surface area contributed by atoms with Crippen molar-refractivity contribution >= 4 is 44.3 Å². The van der Waals surface area contributed by atoms with Crippen LogP contribution in [0.25, 0.3) is 0 Å². The molecular formula is C16H14Br2N2. The number of halogens is 2. The Kier molecular flexibility index (Phi) is 6.15. The Bertz CT molecular complexity index is 531. The van der Waals surface area contributed by atoms with E-state index in [2.05, 4.69) is 41.8 Å². The summed E-state index contributed by atoms with van der Waals surface area (Å²) >= 11 is 6.82. The minimum atomic E-state index is 0.698. The van der Waals surface area contributed by atoms with Gasteiger partial charge >= 0.3 is 0 Å². The Hall–Kier alpha value is -1.26. The molecule has 0 radical (unpaired) electrons. The van der Waals surface area contributed by atoms with Crippen LogP contribution in [0, 0.1) is 0 Å². The molecule has 0 aliphatic carbocycles. The van der Waals surface area contributed by atoms with Crippen molar-refractivity contribution in [2.45, 2.75) is 0 Å². The summed E-state index contributed by atoms with van der Waals surface area (Å²) in [6.45, 7) is 1.40. The van der Waals surface area contributed by atoms with Gasteiger partial charge in [0.05, 0.1) is 13.1 Å². The van der Waals surface area contributed by atoms with Crippen LogP contribution in [-0.2, 0) is 0 Å². The van der Waals surface area contributed by atoms with Crippen molar-refractivity contribution in [2.75, 3.05) is 13.1 Å². The molecule has 0 fully saturated rings. The predicted octanol–water partition coefficient (Wildman–Crippen LogP) is 4.75. The van der Waals surface area contributed by atoms with Gasteiger partial charge in [0.15, 0.2) is 0 Å². The number of rotatable bonds is 5. The van der Waals surface area contributed by atoms with Gasteiger partial charge in [-0.3, -0.25) is 9.98 Å². The Labute approximate surface area is 135 Å². The lowest BCUT2D eigenvalue weighted by molar-refractivity contribution is 0.985. The average molecular weight is 394 g/mol. The molecule has 0 atom stereocenters. The van der Waals surface area contributed by atoms with Gasteiger partial charge in [-0.2, -0.15) is 0 Å². The number of hydrogen-bond acceptors (Lipinski definition) is 2. The SMILES string of the molecule is Brc1ccc(C=NCCN=Cc2ccc(Br)cc2)cc1. The van der Waals surface area contributed by atoms with E-state index in [1.54, 1.807) is 0 Å². The number of hydrogen-bond donors (Lipinski definition) is 0. The monoisotopic (exact) mass is 392 g/mol. The zero-order chi connectivity index (χ0) is 14.2. The summed E-state index contributed by atoms with van der Waals surface area (Å²) in [5, 5.41) is 0. The zero-order valence-electron chi connectivity index (χ0n) is 10.8. The molecule has 0 bridgehead atoms. The summed E-state index contributed by atoms with van der Waals surface area (Å²) in [6, 6.07) is 16.1. The fourth-order valence-electron chi connectivity index (χ4n) is 1.55. The molecule has 0 amide bonds. The molecule has 0 N–H and O–H groups in total. The molecule has 0 saturated heterocycles. The minimum absolute atomic E-state index is 0.698. The first-order valence-corrected chi connectivity index (χ1v) is 7.83. The lowest BCUT2D eigenvalue weighted by Crippen LogP contribution is -1.90. The second-order valence-corrected chi connectivity index (χ2v) is 6.01. The normalized spacial score (nSPS) is 11.5. The quantitative estimate of drug-likeness (QED) is 0.517. The van der Waals surface area contributed by atoms with Crippen LogP contribution >= 0.6 is 31.9 Å². The predicted molar refractivity (Wildman–Crippen MR) is 93.2 cm³/mol. The molecule has 4 heteroatoms. The average Bonchev–Trinajstić information content (AvgIpc) is 2.46. The number of nitrogens with zero attached hydrogens (tertiary/aromatic N) is 2. The van der Waals surface area contributed by atoms with Crippen molar-refractivity contribution in [3.8, 4) is 0 Å². The molecule has 0 heterocycles. The maximum atomic E-state index is 4.36. The summed E-state index contributed by atoms with van der Waals surface area (Å²) in [4.78, 5) is 8.71. The van der Waals surface area contributed by atoms with Gasteiger partial charge in [0.2, 0.25) is 0 Å². The van der Waals surface area contributed by atoms with E-state index in [0.717, 1.165) is 20.1 Å². The van der Waals surface area contributed by atoms with E-state index >= 15 is 0 Å². The largest absolute Gasteiger partial charge is 0.291 e. The second-order valence-electron chi connectivity index (χ2n) is 4.17. The van der Waals surface area contributed by atoms with Crippen molar-refractivity contribution in [2.24, 2.45) is 9.98 Å². The van der Waals surface area contributed by atoms with E-state index in [4.69, 9.17) is 0 Å². The maximum Gasteiger partial charge on any atom is 0.0585 e. The summed E-state index contributed by atoms with van der Waals surface area (Å²) in [6.07, 6.45) is 3.75. The van der Waals surface area contributed by atoms with Crippen LogP contribution in [0.1, 0.15) is 11.1 Å². The van der Waals surface area contributed by atoms with Gasteiger partial charge < -0.3 is 0 Å². The van der Waals surface area contributed by atoms with E-state index in [1.165, 1.54) is 0 Å². The standard InChI is InChI=1S/C16H14Br2N2/c17-15-5-1-13(2-6-15)11-19-9-10-20-12-14-3-7-16(18)8-4-14/h1-8,11-12H,9-10H2.